The minimum absolute atomic E-state index is 0.178. The first-order chi connectivity index (χ1) is 11.1. The van der Waals surface area contributed by atoms with Gasteiger partial charge in [-0.2, -0.15) is 0 Å². The smallest absolute Gasteiger partial charge is 0.266 e. The second-order valence-corrected chi connectivity index (χ2v) is 6.25. The third kappa shape index (κ3) is 3.83. The van der Waals surface area contributed by atoms with Gasteiger partial charge in [0.05, 0.1) is 9.20 Å². The monoisotopic (exact) mass is 342 g/mol. The quantitative estimate of drug-likeness (QED) is 0.740. The van der Waals surface area contributed by atoms with Crippen LogP contribution >= 0.6 is 22.9 Å². The van der Waals surface area contributed by atoms with Crippen LogP contribution in [0.1, 0.15) is 15.9 Å². The summed E-state index contributed by atoms with van der Waals surface area (Å²) in [5.74, 6) is -0.178. The van der Waals surface area contributed by atoms with Crippen LogP contribution in [0, 0.1) is 0 Å². The van der Waals surface area contributed by atoms with E-state index >= 15 is 0 Å². The molecule has 2 aromatic heterocycles. The molecule has 0 radical (unpaired) electrons. The van der Waals surface area contributed by atoms with E-state index in [4.69, 9.17) is 11.6 Å². The molecule has 0 aliphatic carbocycles. The number of thiazole rings is 1. The van der Waals surface area contributed by atoms with Crippen molar-refractivity contribution in [1.29, 1.82) is 0 Å². The minimum Gasteiger partial charge on any atom is -0.313 e. The summed E-state index contributed by atoms with van der Waals surface area (Å²) in [5, 5.41) is 0.638. The third-order valence-corrected chi connectivity index (χ3v) is 4.29. The summed E-state index contributed by atoms with van der Waals surface area (Å²) in [6.07, 6.45) is 6.28. The molecule has 0 bridgehead atoms. The molecule has 0 spiro atoms. The maximum atomic E-state index is 12.1. The van der Waals surface area contributed by atoms with Gasteiger partial charge in [-0.25, -0.2) is 0 Å². The summed E-state index contributed by atoms with van der Waals surface area (Å²) >= 11 is 7.07. The number of halogens is 1. The summed E-state index contributed by atoms with van der Waals surface area (Å²) in [4.78, 5) is 30.7. The van der Waals surface area contributed by atoms with Crippen LogP contribution in [0.2, 0.25) is 5.02 Å². The lowest BCUT2D eigenvalue weighted by atomic mass is 10.2. The van der Waals surface area contributed by atoms with E-state index in [2.05, 4.69) is 9.97 Å². The fourth-order valence-electron chi connectivity index (χ4n) is 1.95. The molecule has 114 valence electrons. The Kier molecular flexibility index (Phi) is 4.50. The number of pyridine rings is 1. The van der Waals surface area contributed by atoms with E-state index in [1.165, 1.54) is 17.4 Å². The number of benzene rings is 1. The van der Waals surface area contributed by atoms with Gasteiger partial charge in [0.1, 0.15) is 0 Å². The Hall–Kier alpha value is -2.50. The molecule has 1 aromatic carbocycles. The fraction of sp³-hybridized carbons (Fsp3) is 0. The molecule has 0 aliphatic heterocycles. The van der Waals surface area contributed by atoms with Gasteiger partial charge in [0.15, 0.2) is 5.78 Å². The number of nitrogens with one attached hydrogen (secondary N) is 1. The zero-order valence-corrected chi connectivity index (χ0v) is 13.4. The number of rotatable bonds is 3. The average Bonchev–Trinajstić information content (AvgIpc) is 2.90. The highest BCUT2D eigenvalue weighted by Crippen LogP contribution is 2.09. The lowest BCUT2D eigenvalue weighted by molar-refractivity contribution is 0.106. The first-order valence-electron chi connectivity index (χ1n) is 6.74. The molecule has 6 heteroatoms. The number of H-pyrrole nitrogens is 1. The predicted octanol–water partition coefficient (Wildman–Crippen LogP) is 1.98. The Morgan fingerprint density at radius 1 is 1.13 bits per heavy atom. The maximum Gasteiger partial charge on any atom is 0.266 e. The van der Waals surface area contributed by atoms with Crippen LogP contribution < -0.4 is 14.8 Å². The van der Waals surface area contributed by atoms with Gasteiger partial charge >= 0.3 is 0 Å². The van der Waals surface area contributed by atoms with Crippen LogP contribution in [0.15, 0.2) is 53.6 Å². The fourth-order valence-corrected chi connectivity index (χ4v) is 2.96. The predicted molar refractivity (Wildman–Crippen MR) is 92.2 cm³/mol. The standard InChI is InChI=1S/C17H11ClN2O2S/c18-13-3-1-11(2-4-13)9-15-17(22)20-16(23-15)10-14(21)12-5-7-19-8-6-12/h1-10H,(H,20,22)/b15-9+,16-10-. The Morgan fingerprint density at radius 2 is 1.83 bits per heavy atom. The number of carbonyl (C=O) groups is 1. The summed E-state index contributed by atoms with van der Waals surface area (Å²) in [5.41, 5.74) is 1.17. The molecule has 0 saturated heterocycles. The van der Waals surface area contributed by atoms with Crippen molar-refractivity contribution in [3.8, 4) is 0 Å². The number of aromatic nitrogens is 2. The minimum atomic E-state index is -0.223. The first-order valence-corrected chi connectivity index (χ1v) is 7.94. The highest BCUT2D eigenvalue weighted by atomic mass is 35.5. The SMILES string of the molecule is O=C(/C=c1/[nH]c(=O)/c(=C\c2ccc(Cl)cc2)s1)c1ccncc1. The van der Waals surface area contributed by atoms with Crippen LogP contribution in [-0.2, 0) is 0 Å². The zero-order valence-electron chi connectivity index (χ0n) is 11.8. The molecule has 23 heavy (non-hydrogen) atoms. The van der Waals surface area contributed by atoms with Crippen molar-refractivity contribution in [2.75, 3.05) is 0 Å². The van der Waals surface area contributed by atoms with Crippen molar-refractivity contribution in [1.82, 2.24) is 9.97 Å². The van der Waals surface area contributed by atoms with Gasteiger partial charge in [0.2, 0.25) is 0 Å². The second kappa shape index (κ2) is 6.73. The van der Waals surface area contributed by atoms with Crippen molar-refractivity contribution in [2.45, 2.75) is 0 Å². The van der Waals surface area contributed by atoms with E-state index in [1.807, 2.05) is 12.1 Å². The molecule has 0 amide bonds. The lowest BCUT2D eigenvalue weighted by Crippen LogP contribution is -2.19. The summed E-state index contributed by atoms with van der Waals surface area (Å²) in [6, 6.07) is 10.4. The Bertz CT molecular complexity index is 1010. The molecule has 1 N–H and O–H groups in total. The normalized spacial score (nSPS) is 12.6. The topological polar surface area (TPSA) is 62.8 Å². The molecule has 3 rings (SSSR count). The van der Waals surface area contributed by atoms with Gasteiger partial charge in [0, 0.05) is 29.1 Å². The number of hydrogen-bond donors (Lipinski definition) is 1. The number of aromatic amines is 1. The first kappa shape index (κ1) is 15.4. The van der Waals surface area contributed by atoms with Crippen molar-refractivity contribution in [3.05, 3.63) is 84.5 Å². The van der Waals surface area contributed by atoms with Gasteiger partial charge in [-0.05, 0) is 35.9 Å². The molecule has 0 fully saturated rings. The Labute approximate surface area is 140 Å². The van der Waals surface area contributed by atoms with Crippen molar-refractivity contribution >= 4 is 40.9 Å². The van der Waals surface area contributed by atoms with Crippen LogP contribution in [0.4, 0.5) is 0 Å². The molecule has 0 unspecified atom stereocenters. The molecule has 0 aliphatic rings. The summed E-state index contributed by atoms with van der Waals surface area (Å²) in [6.45, 7) is 0. The van der Waals surface area contributed by atoms with E-state index in [0.717, 1.165) is 5.56 Å². The molecule has 0 atom stereocenters. The molecule has 2 heterocycles. The Morgan fingerprint density at radius 3 is 2.52 bits per heavy atom. The molecule has 3 aromatic rings. The van der Waals surface area contributed by atoms with Crippen LogP contribution in [-0.4, -0.2) is 15.8 Å². The molecule has 0 saturated carbocycles. The van der Waals surface area contributed by atoms with Gasteiger partial charge in [-0.15, -0.1) is 11.3 Å². The summed E-state index contributed by atoms with van der Waals surface area (Å²) in [7, 11) is 0. The largest absolute Gasteiger partial charge is 0.313 e. The van der Waals surface area contributed by atoms with Gasteiger partial charge in [0.25, 0.3) is 5.56 Å². The number of ketones is 1. The van der Waals surface area contributed by atoms with Crippen LogP contribution in [0.3, 0.4) is 0 Å². The van der Waals surface area contributed by atoms with Crippen LogP contribution in [0.5, 0.6) is 0 Å². The lowest BCUT2D eigenvalue weighted by Gasteiger charge is -1.91. The van der Waals surface area contributed by atoms with E-state index in [1.54, 1.807) is 42.7 Å². The van der Waals surface area contributed by atoms with Crippen LogP contribution in [0.25, 0.3) is 12.2 Å². The molecular weight excluding hydrogens is 332 g/mol. The van der Waals surface area contributed by atoms with Crippen molar-refractivity contribution in [2.24, 2.45) is 0 Å². The average molecular weight is 343 g/mol. The molecule has 4 nitrogen and oxygen atoms in total. The number of carbonyl (C=O) groups excluding carboxylic acids is 1. The van der Waals surface area contributed by atoms with Gasteiger partial charge < -0.3 is 4.98 Å². The van der Waals surface area contributed by atoms with Gasteiger partial charge in [-0.3, -0.25) is 14.6 Å². The van der Waals surface area contributed by atoms with Crippen molar-refractivity contribution < 1.29 is 4.79 Å². The van der Waals surface area contributed by atoms with E-state index < -0.39 is 0 Å². The zero-order chi connectivity index (χ0) is 16.2. The second-order valence-electron chi connectivity index (χ2n) is 4.73. The number of Topliss-reactive ketones (excluding diaryl/α,β-unsaturated/α-hetero) is 1. The Balaban J connectivity index is 1.98. The highest BCUT2D eigenvalue weighted by molar-refractivity contribution is 7.07. The van der Waals surface area contributed by atoms with Gasteiger partial charge in [-0.1, -0.05) is 23.7 Å². The number of nitrogens with zero attached hydrogens (tertiary/aromatic N) is 1. The molecular formula is C17H11ClN2O2S. The van der Waals surface area contributed by atoms with E-state index in [9.17, 15) is 9.59 Å². The third-order valence-electron chi connectivity index (χ3n) is 3.08. The summed E-state index contributed by atoms with van der Waals surface area (Å²) < 4.78 is 1.04. The number of hydrogen-bond acceptors (Lipinski definition) is 4. The van der Waals surface area contributed by atoms with Crippen molar-refractivity contribution in [3.63, 3.8) is 0 Å². The van der Waals surface area contributed by atoms with E-state index in [0.29, 0.717) is 19.8 Å². The van der Waals surface area contributed by atoms with E-state index in [-0.39, 0.29) is 11.3 Å². The maximum absolute atomic E-state index is 12.1. The highest BCUT2D eigenvalue weighted by Gasteiger charge is 2.02.